The highest BCUT2D eigenvalue weighted by Gasteiger charge is 2.28. The lowest BCUT2D eigenvalue weighted by molar-refractivity contribution is 0.0685. The first kappa shape index (κ1) is 33.6. The Bertz CT molecular complexity index is 2240. The van der Waals surface area contributed by atoms with Crippen molar-refractivity contribution in [3.8, 4) is 22.6 Å². The molecule has 0 atom stereocenters. The minimum Gasteiger partial charge on any atom is -0.493 e. The average Bonchev–Trinajstić information content (AvgIpc) is 3.66. The van der Waals surface area contributed by atoms with Crippen molar-refractivity contribution >= 4 is 33.3 Å². The molecule has 10 nitrogen and oxygen atoms in total. The smallest absolute Gasteiger partial charge is 0.352 e. The highest BCUT2D eigenvalue weighted by atomic mass is 16.5. The number of allylic oxidation sites excluding steroid dienone is 1. The zero-order valence-corrected chi connectivity index (χ0v) is 29.4. The van der Waals surface area contributed by atoms with E-state index in [9.17, 15) is 9.90 Å². The fourth-order valence-corrected chi connectivity index (χ4v) is 7.61. The predicted octanol–water partition coefficient (Wildman–Crippen LogP) is 6.98. The van der Waals surface area contributed by atoms with Crippen LogP contribution in [0.1, 0.15) is 33.9 Å². The average molecular weight is 698 g/mol. The van der Waals surface area contributed by atoms with Crippen molar-refractivity contribution in [3.63, 3.8) is 0 Å². The number of anilines is 1. The van der Waals surface area contributed by atoms with Crippen LogP contribution in [-0.4, -0.2) is 64.8 Å². The Kier molecular flexibility index (Phi) is 9.65. The Morgan fingerprint density at radius 1 is 0.923 bits per heavy atom. The molecule has 0 bridgehead atoms. The lowest BCUT2D eigenvalue weighted by Gasteiger charge is -2.29. The van der Waals surface area contributed by atoms with Crippen LogP contribution in [0.3, 0.4) is 0 Å². The van der Waals surface area contributed by atoms with E-state index in [0.717, 1.165) is 87.4 Å². The van der Waals surface area contributed by atoms with Gasteiger partial charge in [0.05, 0.1) is 31.0 Å². The molecule has 8 rings (SSSR count). The molecule has 52 heavy (non-hydrogen) atoms. The number of aryl methyl sites for hydroxylation is 2. The molecule has 1 saturated heterocycles. The van der Waals surface area contributed by atoms with Gasteiger partial charge in [0.2, 0.25) is 0 Å². The Labute approximate surface area is 302 Å². The first-order valence-corrected chi connectivity index (χ1v) is 18.0. The second kappa shape index (κ2) is 15.0. The lowest BCUT2D eigenvalue weighted by Crippen LogP contribution is -2.43. The van der Waals surface area contributed by atoms with Gasteiger partial charge in [0.1, 0.15) is 29.5 Å². The van der Waals surface area contributed by atoms with Crippen LogP contribution < -0.4 is 19.7 Å². The fraction of sp³-hybridized carbons (Fsp3) is 0.286. The van der Waals surface area contributed by atoms with Crippen LogP contribution in [0.25, 0.3) is 32.8 Å². The summed E-state index contributed by atoms with van der Waals surface area (Å²) >= 11 is 0. The van der Waals surface area contributed by atoms with Crippen LogP contribution in [-0.2, 0) is 38.0 Å². The van der Waals surface area contributed by atoms with E-state index >= 15 is 0 Å². The second-order valence-corrected chi connectivity index (χ2v) is 13.3. The normalized spacial score (nSPS) is 14.7. The Morgan fingerprint density at radius 3 is 2.56 bits per heavy atom. The Balaban J connectivity index is 1.12. The zero-order chi connectivity index (χ0) is 35.4. The van der Waals surface area contributed by atoms with Gasteiger partial charge in [-0.25, -0.2) is 4.79 Å². The molecule has 4 aromatic carbocycles. The van der Waals surface area contributed by atoms with Crippen molar-refractivity contribution in [2.24, 2.45) is 7.05 Å². The summed E-state index contributed by atoms with van der Waals surface area (Å²) in [4.78, 5) is 15.5. The summed E-state index contributed by atoms with van der Waals surface area (Å²) in [6, 6.07) is 28.6. The van der Waals surface area contributed by atoms with E-state index in [-0.39, 0.29) is 6.61 Å². The molecule has 0 aliphatic carbocycles. The SMILES string of the molecule is Cn1nc(COc2ccc(N3CCNCC3)cc2)c2c1COCC=CCn1c(C(=O)O)c(CCCOc3cccc4ccccc34)c3cccc-2c31. The number of carboxylic acid groups (broad SMARTS) is 1. The molecule has 1 fully saturated rings. The van der Waals surface area contributed by atoms with Gasteiger partial charge in [-0.3, -0.25) is 4.68 Å². The van der Waals surface area contributed by atoms with Crippen LogP contribution in [0.15, 0.2) is 97.1 Å². The van der Waals surface area contributed by atoms with E-state index in [1.807, 2.05) is 77.0 Å². The summed E-state index contributed by atoms with van der Waals surface area (Å²) in [6.45, 7) is 5.78. The highest BCUT2D eigenvalue weighted by Crippen LogP contribution is 2.39. The Hall–Kier alpha value is -5.58. The third-order valence-corrected chi connectivity index (χ3v) is 10.1. The van der Waals surface area contributed by atoms with Crippen molar-refractivity contribution in [1.29, 1.82) is 0 Å². The van der Waals surface area contributed by atoms with Gasteiger partial charge in [-0.1, -0.05) is 66.7 Å². The minimum absolute atomic E-state index is 0.246. The number of para-hydroxylation sites is 1. The number of carboxylic acids is 1. The number of nitrogens with one attached hydrogen (secondary N) is 1. The number of hydrogen-bond donors (Lipinski definition) is 2. The van der Waals surface area contributed by atoms with Gasteiger partial charge in [-0.2, -0.15) is 5.10 Å². The lowest BCUT2D eigenvalue weighted by atomic mass is 9.98. The quantitative estimate of drug-likeness (QED) is 0.117. The van der Waals surface area contributed by atoms with E-state index in [4.69, 9.17) is 19.3 Å². The van der Waals surface area contributed by atoms with Gasteiger partial charge < -0.3 is 34.1 Å². The number of fused-ring (bicyclic) bond motifs is 3. The van der Waals surface area contributed by atoms with Crippen LogP contribution in [0.5, 0.6) is 11.5 Å². The predicted molar refractivity (Wildman–Crippen MR) is 204 cm³/mol. The molecule has 0 saturated carbocycles. The first-order chi connectivity index (χ1) is 25.6. The van der Waals surface area contributed by atoms with Crippen molar-refractivity contribution in [3.05, 3.63) is 120 Å². The van der Waals surface area contributed by atoms with Gasteiger partial charge in [-0.05, 0) is 54.1 Å². The highest BCUT2D eigenvalue weighted by molar-refractivity contribution is 6.04. The zero-order valence-electron chi connectivity index (χ0n) is 29.4. The number of hydrogen-bond acceptors (Lipinski definition) is 7. The van der Waals surface area contributed by atoms with Gasteiger partial charge in [-0.15, -0.1) is 0 Å². The number of rotatable bonds is 10. The van der Waals surface area contributed by atoms with Gasteiger partial charge >= 0.3 is 5.97 Å². The first-order valence-electron chi connectivity index (χ1n) is 18.0. The molecule has 2 aliphatic rings. The number of benzene rings is 4. The molecule has 0 amide bonds. The molecule has 4 heterocycles. The molecule has 266 valence electrons. The van der Waals surface area contributed by atoms with Crippen molar-refractivity contribution in [2.45, 2.75) is 32.6 Å². The monoisotopic (exact) mass is 697 g/mol. The third kappa shape index (κ3) is 6.63. The molecule has 0 radical (unpaired) electrons. The van der Waals surface area contributed by atoms with Crippen molar-refractivity contribution in [2.75, 3.05) is 44.3 Å². The van der Waals surface area contributed by atoms with Crippen molar-refractivity contribution in [1.82, 2.24) is 19.7 Å². The Morgan fingerprint density at radius 2 is 1.71 bits per heavy atom. The summed E-state index contributed by atoms with van der Waals surface area (Å²) in [6.07, 6.45) is 5.14. The largest absolute Gasteiger partial charge is 0.493 e. The maximum Gasteiger partial charge on any atom is 0.352 e. The number of aromatic carboxylic acids is 1. The summed E-state index contributed by atoms with van der Waals surface area (Å²) in [5.74, 6) is 0.640. The van der Waals surface area contributed by atoms with Crippen LogP contribution >= 0.6 is 0 Å². The molecule has 2 aliphatic heterocycles. The topological polar surface area (TPSA) is 103 Å². The molecule has 2 aromatic heterocycles. The molecule has 0 spiro atoms. The molecular formula is C42H43N5O5. The maximum absolute atomic E-state index is 13.1. The van der Waals surface area contributed by atoms with Gasteiger partial charge in [0, 0.05) is 67.4 Å². The number of carbonyl (C=O) groups is 1. The third-order valence-electron chi connectivity index (χ3n) is 10.1. The van der Waals surface area contributed by atoms with Crippen LogP contribution in [0.4, 0.5) is 5.69 Å². The molecule has 6 aromatic rings. The molecule has 10 heteroatoms. The van der Waals surface area contributed by atoms with E-state index in [2.05, 4.69) is 46.6 Å². The standard InChI is InChI=1S/C42H43N5O5/c1-45-37-28-50-25-5-4-22-47-40-33(34(41(47)42(48)49)14-8-26-51-38-15-6-10-29-9-2-3-11-32(29)38)12-7-13-35(40)39(37)36(44-45)27-52-31-18-16-30(17-19-31)46-23-20-43-21-24-46/h2-7,9-13,15-19,43H,8,14,20-28H2,1H3,(H,48,49). The maximum atomic E-state index is 13.1. The van der Waals surface area contributed by atoms with E-state index < -0.39 is 5.97 Å². The van der Waals surface area contributed by atoms with Gasteiger partial charge in [0.15, 0.2) is 0 Å². The summed E-state index contributed by atoms with van der Waals surface area (Å²) in [7, 11) is 1.92. The number of nitrogens with zero attached hydrogens (tertiary/aromatic N) is 4. The number of ether oxygens (including phenoxy) is 3. The number of aromatic nitrogens is 3. The molecular weight excluding hydrogens is 654 g/mol. The van der Waals surface area contributed by atoms with Crippen LogP contribution in [0.2, 0.25) is 0 Å². The molecule has 0 unspecified atom stereocenters. The van der Waals surface area contributed by atoms with E-state index in [1.54, 1.807) is 0 Å². The number of piperazine rings is 1. The summed E-state index contributed by atoms with van der Waals surface area (Å²) in [5.41, 5.74) is 6.65. The van der Waals surface area contributed by atoms with E-state index in [1.165, 1.54) is 5.69 Å². The van der Waals surface area contributed by atoms with Crippen molar-refractivity contribution < 1.29 is 24.1 Å². The summed E-state index contributed by atoms with van der Waals surface area (Å²) in [5, 5.41) is 22.2. The molecule has 2 N–H and O–H groups in total. The fourth-order valence-electron chi connectivity index (χ4n) is 7.61. The second-order valence-electron chi connectivity index (χ2n) is 13.3. The van der Waals surface area contributed by atoms with Gasteiger partial charge in [0.25, 0.3) is 0 Å². The minimum atomic E-state index is -0.953. The van der Waals surface area contributed by atoms with Crippen LogP contribution in [0, 0.1) is 0 Å². The summed E-state index contributed by atoms with van der Waals surface area (Å²) < 4.78 is 22.5. The van der Waals surface area contributed by atoms with E-state index in [0.29, 0.717) is 44.9 Å².